The molecule has 0 saturated heterocycles. The number of rotatable bonds is 10. The van der Waals surface area contributed by atoms with Gasteiger partial charge in [-0.3, -0.25) is 13.9 Å². The van der Waals surface area contributed by atoms with Gasteiger partial charge in [0, 0.05) is 15.7 Å². The molecule has 0 radical (unpaired) electrons. The number of sulfonamides is 1. The maximum absolute atomic E-state index is 13.6. The molecule has 1 N–H and O–H groups in total. The third-order valence-corrected chi connectivity index (χ3v) is 6.85. The quantitative estimate of drug-likeness (QED) is 0.350. The van der Waals surface area contributed by atoms with Crippen LogP contribution in [0.15, 0.2) is 77.7 Å². The van der Waals surface area contributed by atoms with Gasteiger partial charge in [0.15, 0.2) is 6.61 Å². The van der Waals surface area contributed by atoms with Crippen molar-refractivity contribution in [2.75, 3.05) is 22.8 Å². The summed E-state index contributed by atoms with van der Waals surface area (Å²) in [6.45, 7) is 2.45. The van der Waals surface area contributed by atoms with E-state index in [1.807, 2.05) is 0 Å². The summed E-state index contributed by atoms with van der Waals surface area (Å²) in [5.74, 6) is -0.813. The van der Waals surface area contributed by atoms with Crippen LogP contribution in [0.4, 0.5) is 11.4 Å². The van der Waals surface area contributed by atoms with Gasteiger partial charge in [0.1, 0.15) is 12.3 Å². The van der Waals surface area contributed by atoms with Gasteiger partial charge in [0.2, 0.25) is 0 Å². The standard InChI is InChI=1S/C25H24Cl2N2O6S/c1-17(2)35-25(31)15-29(21-9-3-6-18(26)12-21)36(32,33)23-11-5-8-20(14-23)28-24(30)16-34-22-10-4-7-19(27)13-22/h3-14,17H,15-16H2,1-2H3,(H,28,30). The number of halogens is 2. The van der Waals surface area contributed by atoms with Gasteiger partial charge >= 0.3 is 5.97 Å². The van der Waals surface area contributed by atoms with Crippen molar-refractivity contribution in [2.45, 2.75) is 24.8 Å². The number of nitrogens with one attached hydrogen (secondary N) is 1. The molecule has 0 aliphatic carbocycles. The highest BCUT2D eigenvalue weighted by Gasteiger charge is 2.28. The maximum Gasteiger partial charge on any atom is 0.327 e. The van der Waals surface area contributed by atoms with E-state index in [2.05, 4.69) is 5.32 Å². The van der Waals surface area contributed by atoms with E-state index in [9.17, 15) is 18.0 Å². The molecule has 8 nitrogen and oxygen atoms in total. The van der Waals surface area contributed by atoms with Crippen LogP contribution in [0.2, 0.25) is 10.0 Å². The fourth-order valence-corrected chi connectivity index (χ4v) is 4.94. The second-order valence-electron chi connectivity index (χ2n) is 7.85. The molecule has 0 heterocycles. The minimum Gasteiger partial charge on any atom is -0.484 e. The van der Waals surface area contributed by atoms with Crippen molar-refractivity contribution in [2.24, 2.45) is 0 Å². The van der Waals surface area contributed by atoms with Crippen LogP contribution in [0.3, 0.4) is 0 Å². The van der Waals surface area contributed by atoms with Crippen LogP contribution >= 0.6 is 23.2 Å². The Balaban J connectivity index is 1.81. The van der Waals surface area contributed by atoms with Crippen molar-refractivity contribution >= 4 is 56.5 Å². The lowest BCUT2D eigenvalue weighted by atomic mass is 10.3. The number of esters is 1. The molecule has 0 unspecified atom stereocenters. The number of benzene rings is 3. The molecule has 0 atom stereocenters. The fraction of sp³-hybridized carbons (Fsp3) is 0.200. The van der Waals surface area contributed by atoms with Crippen LogP contribution < -0.4 is 14.4 Å². The summed E-state index contributed by atoms with van der Waals surface area (Å²) < 4.78 is 38.6. The Bertz CT molecular complexity index is 1350. The van der Waals surface area contributed by atoms with Crippen molar-refractivity contribution in [1.29, 1.82) is 0 Å². The smallest absolute Gasteiger partial charge is 0.327 e. The molecule has 36 heavy (non-hydrogen) atoms. The highest BCUT2D eigenvalue weighted by Crippen LogP contribution is 2.27. The molecule has 0 aromatic heterocycles. The van der Waals surface area contributed by atoms with Crippen molar-refractivity contribution in [3.8, 4) is 5.75 Å². The minimum atomic E-state index is -4.24. The molecule has 1 amide bonds. The van der Waals surface area contributed by atoms with E-state index in [-0.39, 0.29) is 22.9 Å². The number of carbonyl (C=O) groups excluding carboxylic acids is 2. The monoisotopic (exact) mass is 550 g/mol. The van der Waals surface area contributed by atoms with Gasteiger partial charge in [-0.25, -0.2) is 8.42 Å². The summed E-state index contributed by atoms with van der Waals surface area (Å²) in [4.78, 5) is 24.6. The molecule has 11 heteroatoms. The zero-order valence-electron chi connectivity index (χ0n) is 19.5. The highest BCUT2D eigenvalue weighted by atomic mass is 35.5. The van der Waals surface area contributed by atoms with Crippen LogP contribution in [0.25, 0.3) is 0 Å². The van der Waals surface area contributed by atoms with Crippen LogP contribution in [0.1, 0.15) is 13.8 Å². The molecule has 3 aromatic carbocycles. The van der Waals surface area contributed by atoms with E-state index in [0.29, 0.717) is 15.8 Å². The first-order valence-corrected chi connectivity index (χ1v) is 13.0. The molecule has 0 aliphatic rings. The number of hydrogen-bond acceptors (Lipinski definition) is 6. The van der Waals surface area contributed by atoms with E-state index in [1.54, 1.807) is 50.2 Å². The van der Waals surface area contributed by atoms with Crippen LogP contribution in [-0.2, 0) is 24.3 Å². The van der Waals surface area contributed by atoms with E-state index in [4.69, 9.17) is 32.7 Å². The Morgan fingerprint density at radius 2 is 1.61 bits per heavy atom. The van der Waals surface area contributed by atoms with Gasteiger partial charge in [0.05, 0.1) is 16.7 Å². The van der Waals surface area contributed by atoms with Gasteiger partial charge < -0.3 is 14.8 Å². The SMILES string of the molecule is CC(C)OC(=O)CN(c1cccc(Cl)c1)S(=O)(=O)c1cccc(NC(=O)COc2cccc(Cl)c2)c1. The van der Waals surface area contributed by atoms with Crippen molar-refractivity contribution in [3.63, 3.8) is 0 Å². The summed E-state index contributed by atoms with van der Waals surface area (Å²) in [7, 11) is -4.24. The number of amides is 1. The molecule has 0 spiro atoms. The van der Waals surface area contributed by atoms with Crippen molar-refractivity contribution in [3.05, 3.63) is 82.8 Å². The lowest BCUT2D eigenvalue weighted by Gasteiger charge is -2.24. The van der Waals surface area contributed by atoms with E-state index in [1.165, 1.54) is 36.4 Å². The molecule has 3 rings (SSSR count). The number of ether oxygens (including phenoxy) is 2. The molecule has 0 aliphatic heterocycles. The Hall–Kier alpha value is -3.27. The maximum atomic E-state index is 13.6. The summed E-state index contributed by atoms with van der Waals surface area (Å²) in [5, 5.41) is 3.36. The second-order valence-corrected chi connectivity index (χ2v) is 10.6. The van der Waals surface area contributed by atoms with Gasteiger partial charge in [-0.15, -0.1) is 0 Å². The van der Waals surface area contributed by atoms with Crippen molar-refractivity contribution in [1.82, 2.24) is 0 Å². The molecule has 0 fully saturated rings. The molecule has 190 valence electrons. The van der Waals surface area contributed by atoms with Gasteiger partial charge in [0.25, 0.3) is 15.9 Å². The van der Waals surface area contributed by atoms with Gasteiger partial charge in [-0.05, 0) is 68.4 Å². The molecule has 0 saturated carbocycles. The summed E-state index contributed by atoms with van der Waals surface area (Å²) >= 11 is 12.0. The molecular weight excluding hydrogens is 527 g/mol. The van der Waals surface area contributed by atoms with Crippen LogP contribution in [0.5, 0.6) is 5.75 Å². The average Bonchev–Trinajstić information content (AvgIpc) is 2.81. The Kier molecular flexibility index (Phi) is 9.19. The summed E-state index contributed by atoms with van der Waals surface area (Å²) in [6.07, 6.45) is -0.422. The lowest BCUT2D eigenvalue weighted by Crippen LogP contribution is -2.37. The number of carbonyl (C=O) groups is 2. The van der Waals surface area contributed by atoms with E-state index in [0.717, 1.165) is 4.31 Å². The average molecular weight is 551 g/mol. The van der Waals surface area contributed by atoms with Crippen LogP contribution in [0, 0.1) is 0 Å². The second kappa shape index (κ2) is 12.1. The third-order valence-electron chi connectivity index (χ3n) is 4.61. The first-order valence-electron chi connectivity index (χ1n) is 10.8. The van der Waals surface area contributed by atoms with Crippen LogP contribution in [-0.4, -0.2) is 39.5 Å². The minimum absolute atomic E-state index is 0.145. The molecule has 3 aromatic rings. The van der Waals surface area contributed by atoms with Crippen molar-refractivity contribution < 1.29 is 27.5 Å². The first kappa shape index (κ1) is 27.3. The lowest BCUT2D eigenvalue weighted by molar-refractivity contribution is -0.145. The first-order chi connectivity index (χ1) is 17.0. The number of hydrogen-bond donors (Lipinski definition) is 1. The fourth-order valence-electron chi connectivity index (χ4n) is 3.13. The number of anilines is 2. The molecule has 0 bridgehead atoms. The Labute approximate surface area is 219 Å². The van der Waals surface area contributed by atoms with E-state index >= 15 is 0 Å². The largest absolute Gasteiger partial charge is 0.484 e. The molecular formula is C25H24Cl2N2O6S. The third kappa shape index (κ3) is 7.61. The zero-order chi connectivity index (χ0) is 26.3. The van der Waals surface area contributed by atoms with E-state index < -0.39 is 34.5 Å². The highest BCUT2D eigenvalue weighted by molar-refractivity contribution is 7.92. The Morgan fingerprint density at radius 3 is 2.28 bits per heavy atom. The summed E-state index contributed by atoms with van der Waals surface area (Å²) in [6, 6.07) is 18.4. The normalized spacial score (nSPS) is 11.1. The zero-order valence-corrected chi connectivity index (χ0v) is 21.8. The summed E-state index contributed by atoms with van der Waals surface area (Å²) in [5.41, 5.74) is 0.416. The predicted molar refractivity (Wildman–Crippen MR) is 139 cm³/mol. The Morgan fingerprint density at radius 1 is 0.944 bits per heavy atom. The predicted octanol–water partition coefficient (Wildman–Crippen LogP) is 5.16. The van der Waals surface area contributed by atoms with Gasteiger partial charge in [-0.1, -0.05) is 41.4 Å². The van der Waals surface area contributed by atoms with Gasteiger partial charge in [-0.2, -0.15) is 0 Å². The number of nitrogens with zero attached hydrogens (tertiary/aromatic N) is 1. The topological polar surface area (TPSA) is 102 Å².